The van der Waals surface area contributed by atoms with Crippen LogP contribution in [0, 0.1) is 0 Å². The number of hydrogen-bond donors (Lipinski definition) is 1. The first-order chi connectivity index (χ1) is 8.20. The summed E-state index contributed by atoms with van der Waals surface area (Å²) >= 11 is 2.42. The molecule has 0 aliphatic heterocycles. The molecule has 0 atom stereocenters. The molecular weight excluding hydrogens is 260 g/mol. The maximum atomic E-state index is 11.8. The monoisotopic (exact) mass is 268 g/mol. The first-order valence-electron chi connectivity index (χ1n) is 4.59. The zero-order chi connectivity index (χ0) is 12.3. The van der Waals surface area contributed by atoms with Gasteiger partial charge in [-0.25, -0.2) is 9.78 Å². The van der Waals surface area contributed by atoms with Gasteiger partial charge in [-0.1, -0.05) is 0 Å². The largest absolute Gasteiger partial charge is 0.465 e. The van der Waals surface area contributed by atoms with Crippen LogP contribution in [0.4, 0.5) is 5.13 Å². The summed E-state index contributed by atoms with van der Waals surface area (Å²) in [6.45, 7) is 0. The van der Waals surface area contributed by atoms with E-state index >= 15 is 0 Å². The summed E-state index contributed by atoms with van der Waals surface area (Å²) < 4.78 is 4.56. The van der Waals surface area contributed by atoms with Crippen LogP contribution < -0.4 is 5.32 Å². The minimum atomic E-state index is -0.441. The number of nitrogens with zero attached hydrogens (tertiary/aromatic N) is 1. The topological polar surface area (TPSA) is 68.3 Å². The maximum Gasteiger partial charge on any atom is 0.348 e. The number of hydrogen-bond acceptors (Lipinski definition) is 6. The molecule has 17 heavy (non-hydrogen) atoms. The number of rotatable bonds is 3. The summed E-state index contributed by atoms with van der Waals surface area (Å²) in [7, 11) is 1.30. The highest BCUT2D eigenvalue weighted by Gasteiger charge is 2.14. The third-order valence-electron chi connectivity index (χ3n) is 1.87. The second-order valence-corrected chi connectivity index (χ2v) is 4.93. The minimum absolute atomic E-state index is 0.278. The number of methoxy groups -OCH3 is 1. The molecule has 0 aliphatic carbocycles. The number of aromatic nitrogens is 1. The van der Waals surface area contributed by atoms with E-state index in [1.807, 2.05) is 0 Å². The third-order valence-corrected chi connectivity index (χ3v) is 3.62. The first-order valence-corrected chi connectivity index (χ1v) is 6.29. The van der Waals surface area contributed by atoms with Gasteiger partial charge in [0.2, 0.25) is 0 Å². The number of anilines is 1. The molecule has 2 heterocycles. The SMILES string of the molecule is COC(=O)c1ccc(C(=O)Nc2nccs2)s1. The van der Waals surface area contributed by atoms with Crippen LogP contribution in [0.5, 0.6) is 0 Å². The lowest BCUT2D eigenvalue weighted by Crippen LogP contribution is -2.09. The van der Waals surface area contributed by atoms with Crippen molar-refractivity contribution < 1.29 is 14.3 Å². The predicted octanol–water partition coefficient (Wildman–Crippen LogP) is 2.24. The van der Waals surface area contributed by atoms with Gasteiger partial charge >= 0.3 is 5.97 Å². The summed E-state index contributed by atoms with van der Waals surface area (Å²) in [6, 6.07) is 3.15. The van der Waals surface area contributed by atoms with Gasteiger partial charge in [0.15, 0.2) is 5.13 Å². The zero-order valence-electron chi connectivity index (χ0n) is 8.80. The van der Waals surface area contributed by atoms with Crippen molar-refractivity contribution in [1.29, 1.82) is 0 Å². The van der Waals surface area contributed by atoms with E-state index in [2.05, 4.69) is 15.0 Å². The molecule has 0 saturated heterocycles. The molecule has 0 saturated carbocycles. The second-order valence-electron chi connectivity index (χ2n) is 2.95. The fraction of sp³-hybridized carbons (Fsp3) is 0.100. The number of esters is 1. The van der Waals surface area contributed by atoms with Gasteiger partial charge in [0, 0.05) is 11.6 Å². The molecule has 0 unspecified atom stereocenters. The molecule has 1 amide bonds. The Balaban J connectivity index is 2.10. The van der Waals surface area contributed by atoms with E-state index in [1.165, 1.54) is 18.4 Å². The van der Waals surface area contributed by atoms with Crippen LogP contribution in [0.1, 0.15) is 19.3 Å². The molecule has 0 bridgehead atoms. The van der Waals surface area contributed by atoms with E-state index in [0.717, 1.165) is 11.3 Å². The summed E-state index contributed by atoms with van der Waals surface area (Å²) in [5.41, 5.74) is 0. The van der Waals surface area contributed by atoms with Crippen molar-refractivity contribution in [2.45, 2.75) is 0 Å². The third kappa shape index (κ3) is 2.69. The maximum absolute atomic E-state index is 11.8. The van der Waals surface area contributed by atoms with Gasteiger partial charge in [0.05, 0.1) is 12.0 Å². The first kappa shape index (κ1) is 11.7. The Labute approximate surface area is 105 Å². The Bertz CT molecular complexity index is 534. The standard InChI is InChI=1S/C10H8N2O3S2/c1-15-9(14)7-3-2-6(17-7)8(13)12-10-11-4-5-16-10/h2-5H,1H3,(H,11,12,13). The average Bonchev–Trinajstić information content (AvgIpc) is 2.98. The highest BCUT2D eigenvalue weighted by molar-refractivity contribution is 7.16. The van der Waals surface area contributed by atoms with E-state index in [4.69, 9.17) is 0 Å². The lowest BCUT2D eigenvalue weighted by Gasteiger charge is -1.97. The number of thiophene rings is 1. The Morgan fingerprint density at radius 3 is 2.76 bits per heavy atom. The molecule has 0 aliphatic rings. The van der Waals surface area contributed by atoms with Crippen LogP contribution in [0.15, 0.2) is 23.7 Å². The van der Waals surface area contributed by atoms with Gasteiger partial charge in [0.25, 0.3) is 5.91 Å². The molecule has 7 heteroatoms. The summed E-state index contributed by atoms with van der Waals surface area (Å²) in [6.07, 6.45) is 1.61. The number of carbonyl (C=O) groups is 2. The smallest absolute Gasteiger partial charge is 0.348 e. The highest BCUT2D eigenvalue weighted by atomic mass is 32.1. The Morgan fingerprint density at radius 2 is 2.12 bits per heavy atom. The van der Waals surface area contributed by atoms with Gasteiger partial charge in [-0.15, -0.1) is 22.7 Å². The molecular formula is C10H8N2O3S2. The summed E-state index contributed by atoms with van der Waals surface area (Å²) in [5, 5.41) is 4.93. The van der Waals surface area contributed by atoms with E-state index in [0.29, 0.717) is 14.9 Å². The van der Waals surface area contributed by atoms with E-state index < -0.39 is 5.97 Å². The van der Waals surface area contributed by atoms with Crippen LogP contribution in [0.3, 0.4) is 0 Å². The van der Waals surface area contributed by atoms with Crippen LogP contribution in [0.25, 0.3) is 0 Å². The van der Waals surface area contributed by atoms with Crippen LogP contribution in [0.2, 0.25) is 0 Å². The Kier molecular flexibility index (Phi) is 3.50. The normalized spacial score (nSPS) is 9.94. The van der Waals surface area contributed by atoms with Gasteiger partial charge in [-0.2, -0.15) is 0 Å². The Morgan fingerprint density at radius 1 is 1.35 bits per heavy atom. The zero-order valence-corrected chi connectivity index (χ0v) is 10.4. The number of ether oxygens (including phenoxy) is 1. The van der Waals surface area contributed by atoms with Crippen LogP contribution in [-0.4, -0.2) is 24.0 Å². The molecule has 2 aromatic rings. The number of amides is 1. The number of carbonyl (C=O) groups excluding carboxylic acids is 2. The van der Waals surface area contributed by atoms with E-state index in [-0.39, 0.29) is 5.91 Å². The lowest BCUT2D eigenvalue weighted by molar-refractivity contribution is 0.0606. The van der Waals surface area contributed by atoms with Crippen LogP contribution in [-0.2, 0) is 4.74 Å². The number of nitrogens with one attached hydrogen (secondary N) is 1. The van der Waals surface area contributed by atoms with Gasteiger partial charge in [-0.3, -0.25) is 10.1 Å². The van der Waals surface area contributed by atoms with Gasteiger partial charge < -0.3 is 4.74 Å². The van der Waals surface area contributed by atoms with Crippen molar-refractivity contribution in [3.63, 3.8) is 0 Å². The molecule has 0 fully saturated rings. The predicted molar refractivity (Wildman–Crippen MR) is 65.7 cm³/mol. The van der Waals surface area contributed by atoms with E-state index in [9.17, 15) is 9.59 Å². The molecule has 2 aromatic heterocycles. The lowest BCUT2D eigenvalue weighted by atomic mass is 10.4. The number of thiazole rings is 1. The van der Waals surface area contributed by atoms with Gasteiger partial charge in [0.1, 0.15) is 4.88 Å². The summed E-state index contributed by atoms with van der Waals surface area (Å²) in [4.78, 5) is 27.7. The average molecular weight is 268 g/mol. The Hall–Kier alpha value is -1.73. The van der Waals surface area contributed by atoms with E-state index in [1.54, 1.807) is 23.7 Å². The molecule has 0 aromatic carbocycles. The quantitative estimate of drug-likeness (QED) is 0.867. The fourth-order valence-electron chi connectivity index (χ4n) is 1.11. The second kappa shape index (κ2) is 5.07. The van der Waals surface area contributed by atoms with Crippen molar-refractivity contribution in [1.82, 2.24) is 4.98 Å². The molecule has 88 valence electrons. The molecule has 2 rings (SSSR count). The van der Waals surface area contributed by atoms with Crippen LogP contribution >= 0.6 is 22.7 Å². The highest BCUT2D eigenvalue weighted by Crippen LogP contribution is 2.19. The summed E-state index contributed by atoms with van der Waals surface area (Å²) in [5.74, 6) is -0.719. The fourth-order valence-corrected chi connectivity index (χ4v) is 2.46. The molecule has 1 N–H and O–H groups in total. The van der Waals surface area contributed by atoms with Crippen molar-refractivity contribution >= 4 is 39.7 Å². The van der Waals surface area contributed by atoms with Crippen molar-refractivity contribution in [2.24, 2.45) is 0 Å². The van der Waals surface area contributed by atoms with Gasteiger partial charge in [-0.05, 0) is 12.1 Å². The van der Waals surface area contributed by atoms with Crippen molar-refractivity contribution in [3.8, 4) is 0 Å². The molecule has 0 radical (unpaired) electrons. The minimum Gasteiger partial charge on any atom is -0.465 e. The molecule has 5 nitrogen and oxygen atoms in total. The van der Waals surface area contributed by atoms with Crippen molar-refractivity contribution in [2.75, 3.05) is 12.4 Å². The molecule has 0 spiro atoms. The van der Waals surface area contributed by atoms with Crippen molar-refractivity contribution in [3.05, 3.63) is 33.5 Å².